The summed E-state index contributed by atoms with van der Waals surface area (Å²) >= 11 is 0. The molecule has 0 atom stereocenters. The Morgan fingerprint density at radius 3 is 2.44 bits per heavy atom. The first-order chi connectivity index (χ1) is 12.7. The van der Waals surface area contributed by atoms with Gasteiger partial charge in [0.25, 0.3) is 0 Å². The average Bonchev–Trinajstić information content (AvgIpc) is 2.85. The number of pyridine rings is 1. The molecule has 4 nitrogen and oxygen atoms in total. The third-order valence-corrected chi connectivity index (χ3v) is 5.08. The molecule has 146 valence electrons. The van der Waals surface area contributed by atoms with Gasteiger partial charge < -0.3 is 10.0 Å². The summed E-state index contributed by atoms with van der Waals surface area (Å²) in [7, 11) is 0. The van der Waals surface area contributed by atoms with Crippen LogP contribution in [0.2, 0.25) is 0 Å². The van der Waals surface area contributed by atoms with E-state index in [4.69, 9.17) is 0 Å². The van der Waals surface area contributed by atoms with Crippen molar-refractivity contribution >= 4 is 5.82 Å². The summed E-state index contributed by atoms with van der Waals surface area (Å²) < 4.78 is 38.1. The average molecular weight is 379 g/mol. The lowest BCUT2D eigenvalue weighted by Gasteiger charge is -2.23. The number of hydrogen-bond donors (Lipinski definition) is 1. The molecule has 1 aromatic carbocycles. The second-order valence-electron chi connectivity index (χ2n) is 7.08. The summed E-state index contributed by atoms with van der Waals surface area (Å²) in [5, 5.41) is 10.2. The van der Waals surface area contributed by atoms with Gasteiger partial charge in [-0.15, -0.1) is 0 Å². The number of hydrogen-bond acceptors (Lipinski definition) is 4. The topological polar surface area (TPSA) is 39.6 Å². The maximum absolute atomic E-state index is 12.7. The zero-order chi connectivity index (χ0) is 19.6. The van der Waals surface area contributed by atoms with Gasteiger partial charge in [0.2, 0.25) is 0 Å². The highest BCUT2D eigenvalue weighted by Gasteiger charge is 2.31. The molecule has 0 aliphatic carbocycles. The molecule has 0 radical (unpaired) electrons. The molecule has 7 heteroatoms. The SMILES string of the molecule is Cc1cc(O)c(CN2CCCN(c3ccc(C(F)(F)F)cn3)CC2)cc1C. The largest absolute Gasteiger partial charge is 0.508 e. The Kier molecular flexibility index (Phi) is 5.60. The van der Waals surface area contributed by atoms with E-state index in [0.29, 0.717) is 24.7 Å². The molecule has 1 fully saturated rings. The highest BCUT2D eigenvalue weighted by atomic mass is 19.4. The standard InChI is InChI=1S/C20H24F3N3O/c1-14-10-16(18(27)11-15(14)2)13-25-6-3-7-26(9-8-25)19-5-4-17(12-24-19)20(21,22)23/h4-5,10-12,27H,3,6-9,13H2,1-2H3. The van der Waals surface area contributed by atoms with Crippen LogP contribution in [0.5, 0.6) is 5.75 Å². The number of aromatic nitrogens is 1. The quantitative estimate of drug-likeness (QED) is 0.870. The first-order valence-electron chi connectivity index (χ1n) is 9.03. The van der Waals surface area contributed by atoms with Gasteiger partial charge in [-0.2, -0.15) is 13.2 Å². The normalized spacial score (nSPS) is 16.4. The zero-order valence-electron chi connectivity index (χ0n) is 15.6. The maximum Gasteiger partial charge on any atom is 0.417 e. The van der Waals surface area contributed by atoms with E-state index in [9.17, 15) is 18.3 Å². The van der Waals surface area contributed by atoms with Crippen LogP contribution < -0.4 is 4.90 Å². The lowest BCUT2D eigenvalue weighted by molar-refractivity contribution is -0.137. The second-order valence-corrected chi connectivity index (χ2v) is 7.08. The molecule has 1 saturated heterocycles. The summed E-state index contributed by atoms with van der Waals surface area (Å²) in [6.07, 6.45) is -2.59. The van der Waals surface area contributed by atoms with E-state index in [1.807, 2.05) is 24.8 Å². The van der Waals surface area contributed by atoms with Crippen LogP contribution in [0.15, 0.2) is 30.5 Å². The third kappa shape index (κ3) is 4.71. The van der Waals surface area contributed by atoms with Gasteiger partial charge >= 0.3 is 6.18 Å². The molecular weight excluding hydrogens is 355 g/mol. The Morgan fingerprint density at radius 1 is 1.04 bits per heavy atom. The molecule has 27 heavy (non-hydrogen) atoms. The number of rotatable bonds is 3. The number of aromatic hydroxyl groups is 1. The van der Waals surface area contributed by atoms with Crippen molar-refractivity contribution in [1.29, 1.82) is 0 Å². The van der Waals surface area contributed by atoms with Crippen molar-refractivity contribution in [3.05, 3.63) is 52.7 Å². The number of nitrogens with zero attached hydrogens (tertiary/aromatic N) is 3. The van der Waals surface area contributed by atoms with E-state index < -0.39 is 11.7 Å². The molecule has 1 aliphatic rings. The molecule has 2 heterocycles. The third-order valence-electron chi connectivity index (χ3n) is 5.08. The van der Waals surface area contributed by atoms with Crippen molar-refractivity contribution in [2.75, 3.05) is 31.1 Å². The van der Waals surface area contributed by atoms with Gasteiger partial charge in [-0.1, -0.05) is 6.07 Å². The van der Waals surface area contributed by atoms with Crippen LogP contribution in [-0.2, 0) is 12.7 Å². The van der Waals surface area contributed by atoms with Crippen LogP contribution in [-0.4, -0.2) is 41.2 Å². The van der Waals surface area contributed by atoms with Crippen LogP contribution in [0.4, 0.5) is 19.0 Å². The first kappa shape index (κ1) is 19.5. The van der Waals surface area contributed by atoms with Gasteiger partial charge in [-0.3, -0.25) is 4.90 Å². The van der Waals surface area contributed by atoms with Gasteiger partial charge in [-0.25, -0.2) is 4.98 Å². The smallest absolute Gasteiger partial charge is 0.417 e. The Morgan fingerprint density at radius 2 is 1.78 bits per heavy atom. The van der Waals surface area contributed by atoms with E-state index in [-0.39, 0.29) is 0 Å². The van der Waals surface area contributed by atoms with Gasteiger partial charge in [0.1, 0.15) is 11.6 Å². The number of aryl methyl sites for hydroxylation is 2. The Hall–Kier alpha value is -2.28. The molecule has 1 N–H and O–H groups in total. The molecule has 2 aromatic rings. The van der Waals surface area contributed by atoms with Gasteiger partial charge in [0.05, 0.1) is 5.56 Å². The fourth-order valence-corrected chi connectivity index (χ4v) is 3.33. The Bertz CT molecular complexity index is 790. The number of phenols is 1. The molecule has 1 aliphatic heterocycles. The minimum absolute atomic E-state index is 0.309. The predicted molar refractivity (Wildman–Crippen MR) is 98.9 cm³/mol. The molecule has 0 amide bonds. The minimum atomic E-state index is -4.37. The highest BCUT2D eigenvalue weighted by Crippen LogP contribution is 2.29. The molecule has 1 aromatic heterocycles. The van der Waals surface area contributed by atoms with E-state index in [1.54, 1.807) is 6.07 Å². The minimum Gasteiger partial charge on any atom is -0.508 e. The van der Waals surface area contributed by atoms with E-state index >= 15 is 0 Å². The number of benzene rings is 1. The highest BCUT2D eigenvalue weighted by molar-refractivity contribution is 5.41. The Labute approximate surface area is 157 Å². The monoisotopic (exact) mass is 379 g/mol. The second kappa shape index (κ2) is 7.76. The number of alkyl halides is 3. The maximum atomic E-state index is 12.7. The molecule has 3 rings (SSSR count). The summed E-state index contributed by atoms with van der Waals surface area (Å²) in [5.41, 5.74) is 2.38. The predicted octanol–water partition coefficient (Wildman–Crippen LogP) is 4.14. The van der Waals surface area contributed by atoms with Crippen molar-refractivity contribution in [2.45, 2.75) is 33.0 Å². The van der Waals surface area contributed by atoms with Crippen molar-refractivity contribution in [2.24, 2.45) is 0 Å². The Balaban J connectivity index is 1.65. The fraction of sp³-hybridized carbons (Fsp3) is 0.450. The lowest BCUT2D eigenvalue weighted by atomic mass is 10.0. The zero-order valence-corrected chi connectivity index (χ0v) is 15.6. The summed E-state index contributed by atoms with van der Waals surface area (Å²) in [4.78, 5) is 8.27. The molecule has 0 saturated carbocycles. The molecule has 0 unspecified atom stereocenters. The molecule has 0 bridgehead atoms. The van der Waals surface area contributed by atoms with Crippen molar-refractivity contribution in [3.8, 4) is 5.75 Å². The number of anilines is 1. The van der Waals surface area contributed by atoms with Crippen LogP contribution in [0, 0.1) is 13.8 Å². The summed E-state index contributed by atoms with van der Waals surface area (Å²) in [5.74, 6) is 0.877. The van der Waals surface area contributed by atoms with Crippen LogP contribution in [0.25, 0.3) is 0 Å². The fourth-order valence-electron chi connectivity index (χ4n) is 3.33. The number of phenolic OH excluding ortho intramolecular Hbond substituents is 1. The van der Waals surface area contributed by atoms with Gasteiger partial charge in [0.15, 0.2) is 0 Å². The van der Waals surface area contributed by atoms with Crippen molar-refractivity contribution < 1.29 is 18.3 Å². The van der Waals surface area contributed by atoms with Gasteiger partial charge in [-0.05, 0) is 49.6 Å². The lowest BCUT2D eigenvalue weighted by Crippen LogP contribution is -2.31. The van der Waals surface area contributed by atoms with Crippen LogP contribution in [0.1, 0.15) is 28.7 Å². The van der Waals surface area contributed by atoms with Crippen LogP contribution >= 0.6 is 0 Å². The summed E-state index contributed by atoms with van der Waals surface area (Å²) in [6, 6.07) is 6.33. The van der Waals surface area contributed by atoms with Crippen LogP contribution in [0.3, 0.4) is 0 Å². The van der Waals surface area contributed by atoms with Crippen molar-refractivity contribution in [3.63, 3.8) is 0 Å². The number of halogens is 3. The van der Waals surface area contributed by atoms with E-state index in [2.05, 4.69) is 9.88 Å². The van der Waals surface area contributed by atoms with E-state index in [1.165, 1.54) is 6.07 Å². The molecular formula is C20H24F3N3O. The van der Waals surface area contributed by atoms with Crippen molar-refractivity contribution in [1.82, 2.24) is 9.88 Å². The molecule has 0 spiro atoms. The van der Waals surface area contributed by atoms with Gasteiger partial charge in [0, 0.05) is 44.5 Å². The summed E-state index contributed by atoms with van der Waals surface area (Å²) in [6.45, 7) is 7.70. The van der Waals surface area contributed by atoms with E-state index in [0.717, 1.165) is 55.0 Å². The first-order valence-corrected chi connectivity index (χ1v) is 9.03.